The zero-order valence-corrected chi connectivity index (χ0v) is 18.2. The Morgan fingerprint density at radius 1 is 1.06 bits per heavy atom. The lowest BCUT2D eigenvalue weighted by Crippen LogP contribution is -2.37. The molecule has 0 radical (unpaired) electrons. The summed E-state index contributed by atoms with van der Waals surface area (Å²) >= 11 is 0. The lowest BCUT2D eigenvalue weighted by Gasteiger charge is -2.19. The van der Waals surface area contributed by atoms with Gasteiger partial charge in [0.15, 0.2) is 11.6 Å². The van der Waals surface area contributed by atoms with E-state index in [0.717, 1.165) is 16.2 Å². The summed E-state index contributed by atoms with van der Waals surface area (Å²) in [5, 5.41) is 4.02. The smallest absolute Gasteiger partial charge is 0.332 e. The molecule has 0 bridgehead atoms. The Balaban J connectivity index is 1.59. The molecule has 1 unspecified atom stereocenters. The van der Waals surface area contributed by atoms with Gasteiger partial charge in [-0.05, 0) is 52.8 Å². The van der Waals surface area contributed by atoms with Crippen molar-refractivity contribution in [1.82, 2.24) is 14.6 Å². The number of ketones is 1. The van der Waals surface area contributed by atoms with Gasteiger partial charge < -0.3 is 4.52 Å². The fraction of sp³-hybridized carbons (Fsp3) is 0.304. The summed E-state index contributed by atoms with van der Waals surface area (Å²) in [6, 6.07) is 9.73. The molecule has 2 aromatic heterocycles. The van der Waals surface area contributed by atoms with Gasteiger partial charge in [-0.15, -0.1) is 0 Å². The lowest BCUT2D eigenvalue weighted by molar-refractivity contribution is -0.126. The predicted molar refractivity (Wildman–Crippen MR) is 115 cm³/mol. The van der Waals surface area contributed by atoms with Gasteiger partial charge in [-0.2, -0.15) is 0 Å². The molecule has 1 aliphatic rings. The van der Waals surface area contributed by atoms with Gasteiger partial charge in [-0.25, -0.2) is 4.79 Å². The van der Waals surface area contributed by atoms with Crippen LogP contribution in [0.1, 0.15) is 40.0 Å². The molecule has 1 aliphatic heterocycles. The van der Waals surface area contributed by atoms with Crippen LogP contribution < -0.4 is 4.90 Å². The van der Waals surface area contributed by atoms with E-state index in [-0.39, 0.29) is 18.2 Å². The zero-order chi connectivity index (χ0) is 22.4. The van der Waals surface area contributed by atoms with Crippen LogP contribution in [0.3, 0.4) is 0 Å². The third kappa shape index (κ3) is 3.43. The third-order valence-corrected chi connectivity index (χ3v) is 5.64. The minimum absolute atomic E-state index is 0.306. The first-order chi connectivity index (χ1) is 14.7. The zero-order valence-electron chi connectivity index (χ0n) is 18.2. The van der Waals surface area contributed by atoms with E-state index in [1.165, 1.54) is 4.90 Å². The van der Waals surface area contributed by atoms with Crippen molar-refractivity contribution in [3.05, 3.63) is 64.7 Å². The Hall–Kier alpha value is -3.68. The Morgan fingerprint density at radius 2 is 1.74 bits per heavy atom. The van der Waals surface area contributed by atoms with E-state index in [2.05, 4.69) is 5.16 Å². The van der Waals surface area contributed by atoms with Crippen LogP contribution in [0.25, 0.3) is 5.82 Å². The number of aryl methyl sites for hydroxylation is 3. The number of benzene rings is 1. The van der Waals surface area contributed by atoms with E-state index in [9.17, 15) is 14.4 Å². The number of Topliss-reactive ketones (excluding diaryl/α,β-unsaturated/α-hetero) is 1. The number of nitrogens with zero attached hydrogens (tertiary/aromatic N) is 4. The normalized spacial score (nSPS) is 16.5. The summed E-state index contributed by atoms with van der Waals surface area (Å²) in [5.41, 5.74) is 3.62. The molecule has 3 amide bonds. The number of aromatic nitrogens is 2. The second kappa shape index (κ2) is 7.54. The van der Waals surface area contributed by atoms with Gasteiger partial charge in [0.05, 0.1) is 6.54 Å². The van der Waals surface area contributed by atoms with Gasteiger partial charge in [0, 0.05) is 28.7 Å². The van der Waals surface area contributed by atoms with E-state index < -0.39 is 12.1 Å². The molecule has 0 N–H and O–H groups in total. The molecular formula is C23H24N4O4. The van der Waals surface area contributed by atoms with Crippen molar-refractivity contribution in [2.45, 2.75) is 40.7 Å². The molecule has 3 heterocycles. The number of amides is 3. The highest BCUT2D eigenvalue weighted by Crippen LogP contribution is 2.27. The number of rotatable bonds is 5. The van der Waals surface area contributed by atoms with E-state index >= 15 is 0 Å². The summed E-state index contributed by atoms with van der Waals surface area (Å²) in [6.07, 6.45) is 0. The van der Waals surface area contributed by atoms with Gasteiger partial charge in [0.1, 0.15) is 11.8 Å². The quantitative estimate of drug-likeness (QED) is 0.463. The number of hydrogen-bond acceptors (Lipinski definition) is 5. The first-order valence-electron chi connectivity index (χ1n) is 10.1. The fourth-order valence-corrected chi connectivity index (χ4v) is 4.00. The van der Waals surface area contributed by atoms with Crippen LogP contribution in [0.2, 0.25) is 0 Å². The third-order valence-electron chi connectivity index (χ3n) is 5.64. The van der Waals surface area contributed by atoms with E-state index in [0.29, 0.717) is 28.5 Å². The van der Waals surface area contributed by atoms with Crippen LogP contribution in [0.15, 0.2) is 40.9 Å². The number of urea groups is 1. The Labute approximate surface area is 180 Å². The summed E-state index contributed by atoms with van der Waals surface area (Å²) in [6.45, 7) is 8.77. The molecule has 3 aromatic rings. The van der Waals surface area contributed by atoms with Crippen molar-refractivity contribution in [3.63, 3.8) is 0 Å². The molecule has 31 heavy (non-hydrogen) atoms. The molecule has 8 heteroatoms. The second-order valence-corrected chi connectivity index (χ2v) is 7.93. The van der Waals surface area contributed by atoms with Crippen molar-refractivity contribution in [1.29, 1.82) is 0 Å². The van der Waals surface area contributed by atoms with Crippen LogP contribution in [0, 0.1) is 27.7 Å². The second-order valence-electron chi connectivity index (χ2n) is 7.93. The molecule has 1 aromatic carbocycles. The van der Waals surface area contributed by atoms with Gasteiger partial charge in [-0.1, -0.05) is 22.9 Å². The highest BCUT2D eigenvalue weighted by molar-refractivity contribution is 6.16. The van der Waals surface area contributed by atoms with E-state index in [1.807, 2.05) is 30.5 Å². The van der Waals surface area contributed by atoms with Crippen LogP contribution in [0.5, 0.6) is 0 Å². The Kier molecular flexibility index (Phi) is 5.00. The van der Waals surface area contributed by atoms with Crippen molar-refractivity contribution >= 4 is 23.4 Å². The first-order valence-corrected chi connectivity index (χ1v) is 10.1. The number of imide groups is 1. The molecule has 1 atom stereocenters. The van der Waals surface area contributed by atoms with Crippen molar-refractivity contribution < 1.29 is 18.9 Å². The number of hydrogen-bond donors (Lipinski definition) is 0. The highest BCUT2D eigenvalue weighted by atomic mass is 16.5. The van der Waals surface area contributed by atoms with Crippen LogP contribution in [-0.4, -0.2) is 44.9 Å². The SMILES string of the molecule is Cc1ccc(N2C(=O)N(CC(=O)c3cc(C)n(-c4cc(C)on4)c3C)C(=O)C2C)cc1. The lowest BCUT2D eigenvalue weighted by atomic mass is 10.1. The highest BCUT2D eigenvalue weighted by Gasteiger charge is 2.44. The molecule has 160 valence electrons. The Bertz CT molecular complexity index is 1190. The number of carbonyl (C=O) groups is 3. The minimum Gasteiger partial charge on any atom is -0.360 e. The largest absolute Gasteiger partial charge is 0.360 e. The molecule has 1 saturated heterocycles. The molecular weight excluding hydrogens is 396 g/mol. The monoisotopic (exact) mass is 420 g/mol. The average Bonchev–Trinajstić information content (AvgIpc) is 3.34. The maximum Gasteiger partial charge on any atom is 0.332 e. The van der Waals surface area contributed by atoms with Crippen LogP contribution in [0.4, 0.5) is 10.5 Å². The summed E-state index contributed by atoms with van der Waals surface area (Å²) < 4.78 is 6.97. The minimum atomic E-state index is -0.673. The maximum absolute atomic E-state index is 13.1. The summed E-state index contributed by atoms with van der Waals surface area (Å²) in [5.74, 6) is 0.548. The van der Waals surface area contributed by atoms with Crippen molar-refractivity contribution in [3.8, 4) is 5.82 Å². The van der Waals surface area contributed by atoms with E-state index in [4.69, 9.17) is 4.52 Å². The molecule has 0 saturated carbocycles. The van der Waals surface area contributed by atoms with Crippen LogP contribution in [-0.2, 0) is 4.79 Å². The van der Waals surface area contributed by atoms with Gasteiger partial charge in [-0.3, -0.25) is 24.0 Å². The van der Waals surface area contributed by atoms with Crippen LogP contribution >= 0.6 is 0 Å². The maximum atomic E-state index is 13.1. The topological polar surface area (TPSA) is 88.7 Å². The number of anilines is 1. The van der Waals surface area contributed by atoms with E-state index in [1.54, 1.807) is 45.0 Å². The van der Waals surface area contributed by atoms with Gasteiger partial charge >= 0.3 is 6.03 Å². The Morgan fingerprint density at radius 3 is 2.35 bits per heavy atom. The first kappa shape index (κ1) is 20.6. The summed E-state index contributed by atoms with van der Waals surface area (Å²) in [7, 11) is 0. The van der Waals surface area contributed by atoms with Crippen molar-refractivity contribution in [2.24, 2.45) is 0 Å². The van der Waals surface area contributed by atoms with Gasteiger partial charge in [0.2, 0.25) is 0 Å². The summed E-state index contributed by atoms with van der Waals surface area (Å²) in [4.78, 5) is 41.4. The molecule has 1 fully saturated rings. The average molecular weight is 420 g/mol. The standard InChI is InChI=1S/C23H24N4O4/c1-13-6-8-18(9-7-13)27-17(5)22(29)25(23(27)30)12-20(28)19-10-14(2)26(16(19)4)21-11-15(3)31-24-21/h6-11,17H,12H2,1-5H3. The molecule has 8 nitrogen and oxygen atoms in total. The van der Waals surface area contributed by atoms with Gasteiger partial charge in [0.25, 0.3) is 5.91 Å². The fourth-order valence-electron chi connectivity index (χ4n) is 4.00. The number of carbonyl (C=O) groups excluding carboxylic acids is 3. The molecule has 0 aliphatic carbocycles. The molecule has 4 rings (SSSR count). The predicted octanol–water partition coefficient (Wildman–Crippen LogP) is 3.74. The molecule has 0 spiro atoms. The van der Waals surface area contributed by atoms with Crippen molar-refractivity contribution in [2.75, 3.05) is 11.4 Å².